The quantitative estimate of drug-likeness (QED) is 0.431. The molecule has 34 heavy (non-hydrogen) atoms. The van der Waals surface area contributed by atoms with E-state index in [2.05, 4.69) is 44.5 Å². The van der Waals surface area contributed by atoms with Crippen molar-refractivity contribution in [1.29, 1.82) is 0 Å². The van der Waals surface area contributed by atoms with E-state index in [0.717, 1.165) is 54.9 Å². The van der Waals surface area contributed by atoms with Gasteiger partial charge in [-0.05, 0) is 74.7 Å². The molecule has 8 nitrogen and oxygen atoms in total. The van der Waals surface area contributed by atoms with Crippen LogP contribution in [0.3, 0.4) is 0 Å². The van der Waals surface area contributed by atoms with Gasteiger partial charge in [0.1, 0.15) is 0 Å². The number of β-amino-alcohol motifs (C(OH)–C–C–N with tert-alkyl or cyclic N) is 1. The number of fused-ring (bicyclic) bond motifs is 1. The van der Waals surface area contributed by atoms with Crippen LogP contribution in [0, 0.1) is 0 Å². The van der Waals surface area contributed by atoms with E-state index >= 15 is 0 Å². The maximum atomic E-state index is 9.61. The topological polar surface area (TPSA) is 87.8 Å². The molecule has 0 aliphatic carbocycles. The van der Waals surface area contributed by atoms with Gasteiger partial charge in [0.15, 0.2) is 0 Å². The fourth-order valence-electron chi connectivity index (χ4n) is 4.62. The molecule has 0 spiro atoms. The number of hydrogen-bond acceptors (Lipinski definition) is 7. The summed E-state index contributed by atoms with van der Waals surface area (Å²) in [7, 11) is 1.61. The molecule has 1 atom stereocenters. The van der Waals surface area contributed by atoms with Crippen LogP contribution in [0.4, 0.5) is 11.6 Å². The number of nitrogens with one attached hydrogen (secondary N) is 1. The number of rotatable bonds is 7. The predicted molar refractivity (Wildman–Crippen MR) is 133 cm³/mol. The molecule has 1 fully saturated rings. The Kier molecular flexibility index (Phi) is 6.42. The molecular formula is C26H30N6O2. The number of methoxy groups -OCH3 is 1. The van der Waals surface area contributed by atoms with E-state index in [1.807, 2.05) is 41.9 Å². The van der Waals surface area contributed by atoms with Gasteiger partial charge in [-0.2, -0.15) is 0 Å². The highest BCUT2D eigenvalue weighted by molar-refractivity contribution is 5.66. The zero-order valence-corrected chi connectivity index (χ0v) is 19.6. The first kappa shape index (κ1) is 22.3. The molecule has 1 aromatic carbocycles. The average molecular weight is 459 g/mol. The van der Waals surface area contributed by atoms with E-state index < -0.39 is 0 Å². The van der Waals surface area contributed by atoms with E-state index in [1.165, 1.54) is 5.56 Å². The minimum absolute atomic E-state index is 0.265. The van der Waals surface area contributed by atoms with Crippen molar-refractivity contribution in [2.45, 2.75) is 31.8 Å². The van der Waals surface area contributed by atoms with Crippen molar-refractivity contribution in [2.75, 3.05) is 32.1 Å². The summed E-state index contributed by atoms with van der Waals surface area (Å²) in [5, 5.41) is 17.6. The number of aliphatic hydroxyl groups is 1. The first-order valence-electron chi connectivity index (χ1n) is 11.7. The summed E-state index contributed by atoms with van der Waals surface area (Å²) < 4.78 is 7.03. The molecule has 4 aromatic rings. The third kappa shape index (κ3) is 4.88. The van der Waals surface area contributed by atoms with Gasteiger partial charge in [-0.25, -0.2) is 14.5 Å². The normalized spacial score (nSPS) is 16.0. The van der Waals surface area contributed by atoms with Crippen LogP contribution < -0.4 is 10.1 Å². The lowest BCUT2D eigenvalue weighted by molar-refractivity contribution is 0.109. The first-order chi connectivity index (χ1) is 16.6. The predicted octanol–water partition coefficient (Wildman–Crippen LogP) is 4.10. The van der Waals surface area contributed by atoms with Crippen LogP contribution >= 0.6 is 0 Å². The molecule has 8 heteroatoms. The smallest absolute Gasteiger partial charge is 0.245 e. The van der Waals surface area contributed by atoms with Crippen LogP contribution in [0.25, 0.3) is 16.8 Å². The lowest BCUT2D eigenvalue weighted by atomic mass is 9.89. The number of likely N-dealkylation sites (tertiary alicyclic amines) is 1. The highest BCUT2D eigenvalue weighted by atomic mass is 16.5. The second-order valence-electron chi connectivity index (χ2n) is 8.90. The maximum Gasteiger partial charge on any atom is 0.245 e. The summed E-state index contributed by atoms with van der Waals surface area (Å²) in [4.78, 5) is 11.1. The third-order valence-corrected chi connectivity index (χ3v) is 6.39. The minimum atomic E-state index is -0.265. The number of anilines is 2. The van der Waals surface area contributed by atoms with Gasteiger partial charge < -0.3 is 20.1 Å². The van der Waals surface area contributed by atoms with Gasteiger partial charge in [-0.3, -0.25) is 0 Å². The van der Waals surface area contributed by atoms with Crippen molar-refractivity contribution < 1.29 is 9.84 Å². The number of aromatic nitrogens is 4. The third-order valence-electron chi connectivity index (χ3n) is 6.39. The van der Waals surface area contributed by atoms with Gasteiger partial charge in [0.25, 0.3) is 0 Å². The van der Waals surface area contributed by atoms with E-state index in [1.54, 1.807) is 13.3 Å². The van der Waals surface area contributed by atoms with E-state index in [-0.39, 0.29) is 6.10 Å². The Morgan fingerprint density at radius 2 is 1.82 bits per heavy atom. The van der Waals surface area contributed by atoms with Crippen molar-refractivity contribution in [3.8, 4) is 17.1 Å². The minimum Gasteiger partial charge on any atom is -0.481 e. The zero-order valence-electron chi connectivity index (χ0n) is 19.6. The number of hydrogen-bond donors (Lipinski definition) is 2. The van der Waals surface area contributed by atoms with E-state index in [4.69, 9.17) is 9.84 Å². The van der Waals surface area contributed by atoms with Gasteiger partial charge in [0, 0.05) is 30.1 Å². The largest absolute Gasteiger partial charge is 0.481 e. The number of piperidine rings is 1. The summed E-state index contributed by atoms with van der Waals surface area (Å²) in [6, 6.07) is 16.4. The summed E-state index contributed by atoms with van der Waals surface area (Å²) in [6.07, 6.45) is 5.57. The molecule has 0 unspecified atom stereocenters. The summed E-state index contributed by atoms with van der Waals surface area (Å²) in [5.74, 6) is 1.67. The molecule has 2 N–H and O–H groups in total. The second kappa shape index (κ2) is 9.79. The molecule has 1 saturated heterocycles. The number of aliphatic hydroxyl groups excluding tert-OH is 1. The summed E-state index contributed by atoms with van der Waals surface area (Å²) in [6.45, 7) is 4.68. The van der Waals surface area contributed by atoms with Crippen molar-refractivity contribution >= 4 is 17.2 Å². The van der Waals surface area contributed by atoms with E-state index in [0.29, 0.717) is 17.7 Å². The molecule has 0 radical (unpaired) electrons. The van der Waals surface area contributed by atoms with Crippen molar-refractivity contribution in [1.82, 2.24) is 24.5 Å². The molecule has 0 saturated carbocycles. The first-order valence-corrected chi connectivity index (χ1v) is 11.7. The summed E-state index contributed by atoms with van der Waals surface area (Å²) in [5.41, 5.74) is 5.11. The van der Waals surface area contributed by atoms with Crippen LogP contribution in [0.1, 0.15) is 31.2 Å². The number of pyridine rings is 1. The molecule has 0 bridgehead atoms. The molecule has 3 aromatic heterocycles. The van der Waals surface area contributed by atoms with Crippen LogP contribution in [0.2, 0.25) is 0 Å². The van der Waals surface area contributed by atoms with Crippen molar-refractivity contribution in [3.63, 3.8) is 0 Å². The van der Waals surface area contributed by atoms with Crippen LogP contribution in [-0.2, 0) is 0 Å². The van der Waals surface area contributed by atoms with E-state index in [9.17, 15) is 5.11 Å². The van der Waals surface area contributed by atoms with Gasteiger partial charge in [0.05, 0.1) is 30.6 Å². The highest BCUT2D eigenvalue weighted by Crippen LogP contribution is 2.29. The average Bonchev–Trinajstić information content (AvgIpc) is 3.28. The second-order valence-corrected chi connectivity index (χ2v) is 8.90. The lowest BCUT2D eigenvalue weighted by Crippen LogP contribution is -2.37. The monoisotopic (exact) mass is 458 g/mol. The summed E-state index contributed by atoms with van der Waals surface area (Å²) >= 11 is 0. The fourth-order valence-corrected chi connectivity index (χ4v) is 4.62. The Hall–Kier alpha value is -3.49. The molecule has 1 aliphatic heterocycles. The lowest BCUT2D eigenvalue weighted by Gasteiger charge is -2.32. The zero-order chi connectivity index (χ0) is 23.5. The molecule has 5 rings (SSSR count). The molecular weight excluding hydrogens is 428 g/mol. The van der Waals surface area contributed by atoms with Gasteiger partial charge in [-0.15, -0.1) is 5.10 Å². The Morgan fingerprint density at radius 3 is 2.50 bits per heavy atom. The SMILES string of the molecule is COc1ccc(-c2ccc3cnc(Nc4ccc(C5CCN(C[C@H](C)O)CC5)cc4)nn23)cn1. The van der Waals surface area contributed by atoms with Crippen LogP contribution in [0.15, 0.2) is 60.9 Å². The molecule has 4 heterocycles. The maximum absolute atomic E-state index is 9.61. The highest BCUT2D eigenvalue weighted by Gasteiger charge is 2.21. The van der Waals surface area contributed by atoms with Crippen molar-refractivity contribution in [3.05, 3.63) is 66.5 Å². The standard InChI is InChI=1S/C26H30N6O2/c1-18(33)17-31-13-11-20(12-14-31)19-3-6-22(7-4-19)29-26-28-16-23-8-9-24(32(23)30-26)21-5-10-25(34-2)27-15-21/h3-10,15-16,18,20,33H,11-14,17H2,1-2H3,(H,29,30)/t18-/m0/s1. The number of nitrogens with zero attached hydrogens (tertiary/aromatic N) is 5. The fraction of sp³-hybridized carbons (Fsp3) is 0.346. The van der Waals surface area contributed by atoms with Gasteiger partial charge in [0.2, 0.25) is 11.8 Å². The Morgan fingerprint density at radius 1 is 1.03 bits per heavy atom. The van der Waals surface area contributed by atoms with Gasteiger partial charge >= 0.3 is 0 Å². The number of ether oxygens (including phenoxy) is 1. The Labute approximate surface area is 199 Å². The molecule has 1 aliphatic rings. The number of benzene rings is 1. The van der Waals surface area contributed by atoms with Crippen LogP contribution in [0.5, 0.6) is 5.88 Å². The van der Waals surface area contributed by atoms with Crippen LogP contribution in [-0.4, -0.2) is 62.4 Å². The molecule has 0 amide bonds. The van der Waals surface area contributed by atoms with Crippen molar-refractivity contribution in [2.24, 2.45) is 0 Å². The Balaban J connectivity index is 1.28. The Bertz CT molecular complexity index is 1230. The van der Waals surface area contributed by atoms with Gasteiger partial charge in [-0.1, -0.05) is 12.1 Å². The molecule has 176 valence electrons.